The number of piperazine rings is 1. The second kappa shape index (κ2) is 7.78. The van der Waals surface area contributed by atoms with Gasteiger partial charge in [0, 0.05) is 38.0 Å². The predicted molar refractivity (Wildman–Crippen MR) is 110 cm³/mol. The van der Waals surface area contributed by atoms with Crippen molar-refractivity contribution >= 4 is 22.6 Å². The van der Waals surface area contributed by atoms with Gasteiger partial charge < -0.3 is 9.80 Å². The SMILES string of the molecule is Cc1cc(N2CCN(C(=O)CCc3ccccc3)CC2)nc2ccccc12. The van der Waals surface area contributed by atoms with Gasteiger partial charge in [-0.1, -0.05) is 48.5 Å². The zero-order valence-corrected chi connectivity index (χ0v) is 15.8. The Morgan fingerprint density at radius 2 is 1.67 bits per heavy atom. The Kier molecular flexibility index (Phi) is 5.05. The molecule has 0 radical (unpaired) electrons. The van der Waals surface area contributed by atoms with Crippen LogP contribution in [0.15, 0.2) is 60.7 Å². The Labute approximate surface area is 160 Å². The van der Waals surface area contributed by atoms with Crippen molar-refractivity contribution < 1.29 is 4.79 Å². The highest BCUT2D eigenvalue weighted by Gasteiger charge is 2.22. The maximum absolute atomic E-state index is 12.5. The number of para-hydroxylation sites is 1. The predicted octanol–water partition coefficient (Wildman–Crippen LogP) is 3.82. The lowest BCUT2D eigenvalue weighted by Crippen LogP contribution is -2.49. The molecule has 2 aromatic carbocycles. The second-order valence-corrected chi connectivity index (χ2v) is 7.17. The van der Waals surface area contributed by atoms with E-state index in [9.17, 15) is 4.79 Å². The Balaban J connectivity index is 1.36. The molecule has 0 saturated carbocycles. The van der Waals surface area contributed by atoms with Gasteiger partial charge in [-0.3, -0.25) is 4.79 Å². The third-order valence-corrected chi connectivity index (χ3v) is 5.34. The lowest BCUT2D eigenvalue weighted by molar-refractivity contribution is -0.131. The zero-order chi connectivity index (χ0) is 18.6. The average molecular weight is 359 g/mol. The molecule has 4 rings (SSSR count). The lowest BCUT2D eigenvalue weighted by Gasteiger charge is -2.35. The summed E-state index contributed by atoms with van der Waals surface area (Å²) in [5, 5.41) is 1.20. The molecule has 4 nitrogen and oxygen atoms in total. The summed E-state index contributed by atoms with van der Waals surface area (Å²) in [4.78, 5) is 21.6. The first-order valence-electron chi connectivity index (χ1n) is 9.64. The van der Waals surface area contributed by atoms with Gasteiger partial charge in [-0.2, -0.15) is 0 Å². The molecule has 2 heterocycles. The van der Waals surface area contributed by atoms with Crippen molar-refractivity contribution in [2.75, 3.05) is 31.1 Å². The summed E-state index contributed by atoms with van der Waals surface area (Å²) in [5.41, 5.74) is 3.51. The van der Waals surface area contributed by atoms with Gasteiger partial charge in [-0.05, 0) is 36.6 Å². The van der Waals surface area contributed by atoms with Crippen LogP contribution in [0, 0.1) is 6.92 Å². The molecule has 4 heteroatoms. The number of amides is 1. The molecular weight excluding hydrogens is 334 g/mol. The van der Waals surface area contributed by atoms with Crippen molar-refractivity contribution in [3.63, 3.8) is 0 Å². The number of carbonyl (C=O) groups is 1. The minimum absolute atomic E-state index is 0.251. The standard InChI is InChI=1S/C23H25N3O/c1-18-17-22(24-21-10-6-5-9-20(18)21)25-13-15-26(16-14-25)23(27)12-11-19-7-3-2-4-8-19/h2-10,17H,11-16H2,1H3. The van der Waals surface area contributed by atoms with Crippen LogP contribution < -0.4 is 4.90 Å². The minimum atomic E-state index is 0.251. The normalized spacial score (nSPS) is 14.6. The molecule has 0 unspecified atom stereocenters. The van der Waals surface area contributed by atoms with E-state index in [1.54, 1.807) is 0 Å². The number of fused-ring (bicyclic) bond motifs is 1. The van der Waals surface area contributed by atoms with E-state index in [0.29, 0.717) is 6.42 Å². The van der Waals surface area contributed by atoms with Gasteiger partial charge >= 0.3 is 0 Å². The van der Waals surface area contributed by atoms with E-state index < -0.39 is 0 Å². The molecule has 1 saturated heterocycles. The van der Waals surface area contributed by atoms with Gasteiger partial charge in [0.1, 0.15) is 5.82 Å². The maximum Gasteiger partial charge on any atom is 0.223 e. The summed E-state index contributed by atoms with van der Waals surface area (Å²) in [6.45, 7) is 5.34. The molecule has 3 aromatic rings. The van der Waals surface area contributed by atoms with Crippen molar-refractivity contribution in [1.82, 2.24) is 9.88 Å². The third-order valence-electron chi connectivity index (χ3n) is 5.34. The summed E-state index contributed by atoms with van der Waals surface area (Å²) in [7, 11) is 0. The molecule has 0 atom stereocenters. The van der Waals surface area contributed by atoms with E-state index in [4.69, 9.17) is 4.98 Å². The molecule has 1 aliphatic heterocycles. The van der Waals surface area contributed by atoms with Crippen molar-refractivity contribution in [2.45, 2.75) is 19.8 Å². The van der Waals surface area contributed by atoms with Gasteiger partial charge in [-0.25, -0.2) is 4.98 Å². The summed E-state index contributed by atoms with van der Waals surface area (Å²) in [5.74, 6) is 1.27. The molecule has 1 aromatic heterocycles. The molecule has 0 bridgehead atoms. The molecule has 1 amide bonds. The monoisotopic (exact) mass is 359 g/mol. The molecule has 27 heavy (non-hydrogen) atoms. The highest BCUT2D eigenvalue weighted by molar-refractivity contribution is 5.84. The number of benzene rings is 2. The number of hydrogen-bond donors (Lipinski definition) is 0. The number of pyridine rings is 1. The Morgan fingerprint density at radius 3 is 2.44 bits per heavy atom. The summed E-state index contributed by atoms with van der Waals surface area (Å²) < 4.78 is 0. The van der Waals surface area contributed by atoms with Crippen LogP contribution in [-0.2, 0) is 11.2 Å². The quantitative estimate of drug-likeness (QED) is 0.710. The van der Waals surface area contributed by atoms with Crippen LogP contribution in [0.5, 0.6) is 0 Å². The Hall–Kier alpha value is -2.88. The fraction of sp³-hybridized carbons (Fsp3) is 0.304. The summed E-state index contributed by atoms with van der Waals surface area (Å²) in [6.07, 6.45) is 1.39. The van der Waals surface area contributed by atoms with Gasteiger partial charge in [0.2, 0.25) is 5.91 Å². The minimum Gasteiger partial charge on any atom is -0.353 e. The van der Waals surface area contributed by atoms with Gasteiger partial charge in [0.15, 0.2) is 0 Å². The number of carbonyl (C=O) groups excluding carboxylic acids is 1. The average Bonchev–Trinajstić information content (AvgIpc) is 2.73. The first kappa shape index (κ1) is 17.5. The van der Waals surface area contributed by atoms with E-state index in [1.807, 2.05) is 29.2 Å². The van der Waals surface area contributed by atoms with Crippen LogP contribution in [0.1, 0.15) is 17.5 Å². The van der Waals surface area contributed by atoms with Crippen LogP contribution in [0.4, 0.5) is 5.82 Å². The number of anilines is 1. The highest BCUT2D eigenvalue weighted by atomic mass is 16.2. The van der Waals surface area contributed by atoms with Crippen molar-refractivity contribution in [1.29, 1.82) is 0 Å². The Bertz CT molecular complexity index is 931. The number of hydrogen-bond acceptors (Lipinski definition) is 3. The molecular formula is C23H25N3O. The van der Waals surface area contributed by atoms with Gasteiger partial charge in [0.25, 0.3) is 0 Å². The first-order valence-corrected chi connectivity index (χ1v) is 9.64. The second-order valence-electron chi connectivity index (χ2n) is 7.17. The smallest absolute Gasteiger partial charge is 0.223 e. The van der Waals surface area contributed by atoms with Gasteiger partial charge in [-0.15, -0.1) is 0 Å². The van der Waals surface area contributed by atoms with Crippen LogP contribution in [0.2, 0.25) is 0 Å². The number of nitrogens with zero attached hydrogens (tertiary/aromatic N) is 3. The van der Waals surface area contributed by atoms with E-state index in [-0.39, 0.29) is 5.91 Å². The molecule has 1 aliphatic rings. The first-order chi connectivity index (χ1) is 13.2. The van der Waals surface area contributed by atoms with Crippen LogP contribution in [-0.4, -0.2) is 42.0 Å². The van der Waals surface area contributed by atoms with Crippen LogP contribution >= 0.6 is 0 Å². The van der Waals surface area contributed by atoms with Crippen molar-refractivity contribution in [3.8, 4) is 0 Å². The van der Waals surface area contributed by atoms with E-state index in [1.165, 1.54) is 16.5 Å². The lowest BCUT2D eigenvalue weighted by atomic mass is 10.1. The molecule has 0 aliphatic carbocycles. The van der Waals surface area contributed by atoms with Crippen molar-refractivity contribution in [2.24, 2.45) is 0 Å². The maximum atomic E-state index is 12.5. The fourth-order valence-electron chi connectivity index (χ4n) is 3.73. The molecule has 0 spiro atoms. The summed E-state index contributed by atoms with van der Waals surface area (Å²) >= 11 is 0. The molecule has 138 valence electrons. The number of aromatic nitrogens is 1. The summed E-state index contributed by atoms with van der Waals surface area (Å²) in [6, 6.07) is 20.6. The molecule has 0 N–H and O–H groups in total. The molecule has 1 fully saturated rings. The van der Waals surface area contributed by atoms with Crippen molar-refractivity contribution in [3.05, 3.63) is 71.8 Å². The number of rotatable bonds is 4. The van der Waals surface area contributed by atoms with Crippen LogP contribution in [0.3, 0.4) is 0 Å². The fourth-order valence-corrected chi connectivity index (χ4v) is 3.73. The van der Waals surface area contributed by atoms with E-state index in [2.05, 4.69) is 48.2 Å². The van der Waals surface area contributed by atoms with E-state index in [0.717, 1.165) is 43.9 Å². The zero-order valence-electron chi connectivity index (χ0n) is 15.8. The third kappa shape index (κ3) is 3.95. The Morgan fingerprint density at radius 1 is 0.963 bits per heavy atom. The van der Waals surface area contributed by atoms with Gasteiger partial charge in [0.05, 0.1) is 5.52 Å². The van der Waals surface area contributed by atoms with E-state index >= 15 is 0 Å². The highest BCUT2D eigenvalue weighted by Crippen LogP contribution is 2.23. The number of aryl methyl sites for hydroxylation is 2. The topological polar surface area (TPSA) is 36.4 Å². The largest absolute Gasteiger partial charge is 0.353 e. The van der Waals surface area contributed by atoms with Crippen LogP contribution in [0.25, 0.3) is 10.9 Å².